The van der Waals surface area contributed by atoms with Crippen LogP contribution < -0.4 is 5.32 Å². The summed E-state index contributed by atoms with van der Waals surface area (Å²) >= 11 is 0. The molecule has 0 aromatic rings. The monoisotopic (exact) mass is 171 g/mol. The van der Waals surface area contributed by atoms with Crippen molar-refractivity contribution < 1.29 is 14.4 Å². The van der Waals surface area contributed by atoms with Gasteiger partial charge >= 0.3 is 0 Å². The Balaban J connectivity index is 3.44. The van der Waals surface area contributed by atoms with Crippen molar-refractivity contribution in [2.24, 2.45) is 0 Å². The molecule has 0 aliphatic carbocycles. The maximum absolute atomic E-state index is 10.8. The highest BCUT2D eigenvalue weighted by atomic mass is 16.2. The first-order valence-corrected chi connectivity index (χ1v) is 3.78. The van der Waals surface area contributed by atoms with Gasteiger partial charge in [-0.05, 0) is 13.8 Å². The number of nitrogens with one attached hydrogen (secondary N) is 1. The van der Waals surface area contributed by atoms with Crippen LogP contribution in [0.3, 0.4) is 0 Å². The summed E-state index contributed by atoms with van der Waals surface area (Å²) in [6.07, 6.45) is 0.224. The summed E-state index contributed by atoms with van der Waals surface area (Å²) in [5, 5.41) is 2.46. The minimum absolute atomic E-state index is 0.0260. The molecule has 12 heavy (non-hydrogen) atoms. The first-order chi connectivity index (χ1) is 5.52. The van der Waals surface area contributed by atoms with Crippen molar-refractivity contribution in [2.75, 3.05) is 6.54 Å². The Hall–Kier alpha value is -1.19. The zero-order valence-electron chi connectivity index (χ0n) is 7.35. The Morgan fingerprint density at radius 1 is 1.08 bits per heavy atom. The molecule has 0 aliphatic heterocycles. The molecule has 68 valence electrons. The summed E-state index contributed by atoms with van der Waals surface area (Å²) in [5.41, 5.74) is 0. The largest absolute Gasteiger partial charge is 0.355 e. The van der Waals surface area contributed by atoms with Crippen molar-refractivity contribution in [1.82, 2.24) is 5.32 Å². The third-order valence-corrected chi connectivity index (χ3v) is 1.21. The van der Waals surface area contributed by atoms with Gasteiger partial charge in [0.25, 0.3) is 0 Å². The number of carbonyl (C=O) groups excluding carboxylic acids is 3. The van der Waals surface area contributed by atoms with Crippen molar-refractivity contribution in [3.8, 4) is 0 Å². The molecule has 0 saturated carbocycles. The van der Waals surface area contributed by atoms with Crippen LogP contribution in [0.4, 0.5) is 0 Å². The highest BCUT2D eigenvalue weighted by Gasteiger charge is 2.03. The van der Waals surface area contributed by atoms with E-state index in [0.29, 0.717) is 13.0 Å². The maximum Gasteiger partial charge on any atom is 0.227 e. The molecular formula is C8H13NO3. The smallest absolute Gasteiger partial charge is 0.227 e. The first kappa shape index (κ1) is 10.8. The SMILES string of the molecule is CC(=O)CCNC(=O)CC(C)=O. The van der Waals surface area contributed by atoms with Crippen molar-refractivity contribution in [1.29, 1.82) is 0 Å². The van der Waals surface area contributed by atoms with E-state index in [9.17, 15) is 14.4 Å². The van der Waals surface area contributed by atoms with Crippen molar-refractivity contribution in [3.63, 3.8) is 0 Å². The van der Waals surface area contributed by atoms with Gasteiger partial charge in [-0.3, -0.25) is 14.4 Å². The molecule has 0 spiro atoms. The van der Waals surface area contributed by atoms with Gasteiger partial charge in [-0.25, -0.2) is 0 Å². The molecule has 0 rings (SSSR count). The number of amides is 1. The lowest BCUT2D eigenvalue weighted by Gasteiger charge is -2.00. The lowest BCUT2D eigenvalue weighted by molar-refractivity contribution is -0.127. The molecule has 0 fully saturated rings. The van der Waals surface area contributed by atoms with Gasteiger partial charge in [0.1, 0.15) is 11.6 Å². The Labute approximate surface area is 71.3 Å². The molecule has 4 nitrogen and oxygen atoms in total. The predicted octanol–water partition coefficient (Wildman–Crippen LogP) is 0.0608. The van der Waals surface area contributed by atoms with Crippen LogP contribution in [-0.4, -0.2) is 24.0 Å². The molecule has 0 atom stereocenters. The van der Waals surface area contributed by atoms with Crippen LogP contribution in [0.5, 0.6) is 0 Å². The van der Waals surface area contributed by atoms with Crippen LogP contribution in [0.15, 0.2) is 0 Å². The Kier molecular flexibility index (Phi) is 4.92. The van der Waals surface area contributed by atoms with Crippen LogP contribution in [0.2, 0.25) is 0 Å². The van der Waals surface area contributed by atoms with Gasteiger partial charge in [0, 0.05) is 13.0 Å². The fraction of sp³-hybridized carbons (Fsp3) is 0.625. The van der Waals surface area contributed by atoms with Crippen LogP contribution in [0.1, 0.15) is 26.7 Å². The third kappa shape index (κ3) is 6.92. The van der Waals surface area contributed by atoms with E-state index in [0.717, 1.165) is 0 Å². The highest BCUT2D eigenvalue weighted by molar-refractivity contribution is 5.96. The van der Waals surface area contributed by atoms with Crippen LogP contribution >= 0.6 is 0 Å². The highest BCUT2D eigenvalue weighted by Crippen LogP contribution is 1.83. The molecule has 0 saturated heterocycles. The van der Waals surface area contributed by atoms with Crippen molar-refractivity contribution in [3.05, 3.63) is 0 Å². The molecule has 0 unspecified atom stereocenters. The number of rotatable bonds is 5. The molecule has 0 heterocycles. The van der Waals surface area contributed by atoms with Gasteiger partial charge in [-0.1, -0.05) is 0 Å². The first-order valence-electron chi connectivity index (χ1n) is 3.78. The van der Waals surface area contributed by atoms with Gasteiger partial charge in [0.05, 0.1) is 6.42 Å². The van der Waals surface area contributed by atoms with E-state index >= 15 is 0 Å². The summed E-state index contributed by atoms with van der Waals surface area (Å²) in [7, 11) is 0. The average molecular weight is 171 g/mol. The normalized spacial score (nSPS) is 9.17. The van der Waals surface area contributed by atoms with E-state index in [1.165, 1.54) is 13.8 Å². The lowest BCUT2D eigenvalue weighted by Crippen LogP contribution is -2.26. The van der Waals surface area contributed by atoms with Crippen LogP contribution in [-0.2, 0) is 14.4 Å². The summed E-state index contributed by atoms with van der Waals surface area (Å²) in [5.74, 6) is -0.461. The number of hydrogen-bond acceptors (Lipinski definition) is 3. The Morgan fingerprint density at radius 3 is 2.08 bits per heavy atom. The van der Waals surface area contributed by atoms with Gasteiger partial charge in [0.2, 0.25) is 5.91 Å². The number of Topliss-reactive ketones (excluding diaryl/α,β-unsaturated/α-hetero) is 2. The molecule has 0 bridgehead atoms. The lowest BCUT2D eigenvalue weighted by atomic mass is 10.3. The van der Waals surface area contributed by atoms with Crippen LogP contribution in [0, 0.1) is 0 Å². The zero-order valence-corrected chi connectivity index (χ0v) is 7.35. The molecule has 1 N–H and O–H groups in total. The Morgan fingerprint density at radius 2 is 1.67 bits per heavy atom. The van der Waals surface area contributed by atoms with E-state index in [1.807, 2.05) is 0 Å². The van der Waals surface area contributed by atoms with Gasteiger partial charge in [-0.2, -0.15) is 0 Å². The molecule has 1 amide bonds. The molecular weight excluding hydrogens is 158 g/mol. The van der Waals surface area contributed by atoms with E-state index < -0.39 is 0 Å². The standard InChI is InChI=1S/C8H13NO3/c1-6(10)3-4-9-8(12)5-7(2)11/h3-5H2,1-2H3,(H,9,12). The fourth-order valence-corrected chi connectivity index (χ4v) is 0.667. The minimum atomic E-state index is -0.316. The van der Waals surface area contributed by atoms with Crippen LogP contribution in [0.25, 0.3) is 0 Å². The second kappa shape index (κ2) is 5.46. The molecule has 0 radical (unpaired) electrons. The fourth-order valence-electron chi connectivity index (χ4n) is 0.667. The van der Waals surface area contributed by atoms with Gasteiger partial charge in [0.15, 0.2) is 0 Å². The summed E-state index contributed by atoms with van der Waals surface area (Å²) in [4.78, 5) is 31.6. The third-order valence-electron chi connectivity index (χ3n) is 1.21. The molecule has 0 aromatic carbocycles. The van der Waals surface area contributed by atoms with Gasteiger partial charge in [-0.15, -0.1) is 0 Å². The van der Waals surface area contributed by atoms with E-state index in [4.69, 9.17) is 0 Å². The number of carbonyl (C=O) groups is 3. The second-order valence-electron chi connectivity index (χ2n) is 2.68. The minimum Gasteiger partial charge on any atom is -0.355 e. The maximum atomic E-state index is 10.8. The van der Waals surface area contributed by atoms with Gasteiger partial charge < -0.3 is 5.32 Å². The number of hydrogen-bond donors (Lipinski definition) is 1. The average Bonchev–Trinajstić information content (AvgIpc) is 1.84. The quantitative estimate of drug-likeness (QED) is 0.595. The van der Waals surface area contributed by atoms with Crippen molar-refractivity contribution in [2.45, 2.75) is 26.7 Å². The van der Waals surface area contributed by atoms with Crippen molar-refractivity contribution >= 4 is 17.5 Å². The molecule has 0 aliphatic rings. The zero-order chi connectivity index (χ0) is 9.56. The van der Waals surface area contributed by atoms with E-state index in [1.54, 1.807) is 0 Å². The second-order valence-corrected chi connectivity index (χ2v) is 2.68. The number of ketones is 2. The molecule has 4 heteroatoms. The predicted molar refractivity (Wildman–Crippen MR) is 43.6 cm³/mol. The summed E-state index contributed by atoms with van der Waals surface area (Å²) < 4.78 is 0. The van der Waals surface area contributed by atoms with E-state index in [-0.39, 0.29) is 23.9 Å². The van der Waals surface area contributed by atoms with E-state index in [2.05, 4.69) is 5.32 Å². The molecule has 0 aromatic heterocycles. The Bertz CT molecular complexity index is 198. The summed E-state index contributed by atoms with van der Waals surface area (Å²) in [6.45, 7) is 3.13. The summed E-state index contributed by atoms with van der Waals surface area (Å²) in [6, 6.07) is 0. The topological polar surface area (TPSA) is 63.2 Å².